The number of nitrogens with one attached hydrogen (secondary N) is 2. The summed E-state index contributed by atoms with van der Waals surface area (Å²) in [4.78, 5) is 3.74. The average Bonchev–Trinajstić information content (AvgIpc) is 2.43. The monoisotopic (exact) mass is 360 g/mol. The number of hydrogen-bond donors (Lipinski definition) is 3. The molecule has 9 heteroatoms. The minimum Gasteiger partial charge on any atom is -0.308 e. The molecule has 0 atom stereocenters. The third kappa shape index (κ3) is 3.24. The molecule has 0 aliphatic heterocycles. The summed E-state index contributed by atoms with van der Waals surface area (Å²) < 4.78 is 40.0. The highest BCUT2D eigenvalue weighted by atomic mass is 79.9. The number of nitrogens with two attached hydrogens (primary N) is 1. The van der Waals surface area contributed by atoms with Crippen LogP contribution in [0.15, 0.2) is 45.9 Å². The third-order valence-corrected chi connectivity index (χ3v) is 4.38. The maximum atomic E-state index is 13.3. The van der Waals surface area contributed by atoms with Crippen LogP contribution >= 0.6 is 15.9 Å². The molecule has 0 fully saturated rings. The van der Waals surface area contributed by atoms with E-state index in [2.05, 4.69) is 31.1 Å². The van der Waals surface area contributed by atoms with E-state index in [-0.39, 0.29) is 15.1 Å². The summed E-state index contributed by atoms with van der Waals surface area (Å²) in [5, 5.41) is 0. The van der Waals surface area contributed by atoms with E-state index >= 15 is 0 Å². The number of nitrogen functional groups attached to an aromatic ring is 1. The number of benzene rings is 1. The quantitative estimate of drug-likeness (QED) is 0.572. The van der Waals surface area contributed by atoms with Gasteiger partial charge in [-0.3, -0.25) is 4.72 Å². The Bertz CT molecular complexity index is 722. The summed E-state index contributed by atoms with van der Waals surface area (Å²) in [5.74, 6) is 4.91. The van der Waals surface area contributed by atoms with Gasteiger partial charge in [0, 0.05) is 6.20 Å². The lowest BCUT2D eigenvalue weighted by Gasteiger charge is -2.08. The van der Waals surface area contributed by atoms with Gasteiger partial charge in [0.1, 0.15) is 16.5 Å². The molecule has 0 bridgehead atoms. The van der Waals surface area contributed by atoms with Crippen molar-refractivity contribution in [2.45, 2.75) is 4.90 Å². The number of anilines is 2. The Morgan fingerprint density at radius 3 is 2.55 bits per heavy atom. The van der Waals surface area contributed by atoms with Gasteiger partial charge in [0.15, 0.2) is 0 Å². The van der Waals surface area contributed by atoms with Crippen LogP contribution < -0.4 is 16.0 Å². The lowest BCUT2D eigenvalue weighted by molar-refractivity contribution is 0.600. The van der Waals surface area contributed by atoms with E-state index in [0.717, 1.165) is 12.3 Å². The minimum absolute atomic E-state index is 0.0557. The molecule has 6 nitrogen and oxygen atoms in total. The number of hydrazine groups is 1. The molecule has 0 aliphatic carbocycles. The topological polar surface area (TPSA) is 97.1 Å². The van der Waals surface area contributed by atoms with Crippen LogP contribution in [0.1, 0.15) is 0 Å². The van der Waals surface area contributed by atoms with Crippen molar-refractivity contribution in [1.29, 1.82) is 0 Å². The van der Waals surface area contributed by atoms with Crippen LogP contribution in [-0.2, 0) is 10.0 Å². The lowest BCUT2D eigenvalue weighted by Crippen LogP contribution is -2.14. The van der Waals surface area contributed by atoms with Crippen molar-refractivity contribution >= 4 is 37.5 Å². The van der Waals surface area contributed by atoms with Crippen molar-refractivity contribution in [2.24, 2.45) is 5.84 Å². The van der Waals surface area contributed by atoms with Gasteiger partial charge in [0.2, 0.25) is 0 Å². The van der Waals surface area contributed by atoms with Crippen LogP contribution in [0.2, 0.25) is 0 Å². The third-order valence-electron chi connectivity index (χ3n) is 2.37. The van der Waals surface area contributed by atoms with Crippen molar-refractivity contribution in [1.82, 2.24) is 4.98 Å². The Hall–Kier alpha value is -1.71. The molecule has 0 saturated heterocycles. The smallest absolute Gasteiger partial charge is 0.263 e. The Morgan fingerprint density at radius 1 is 1.25 bits per heavy atom. The van der Waals surface area contributed by atoms with Gasteiger partial charge in [-0.2, -0.15) is 0 Å². The molecule has 106 valence electrons. The maximum absolute atomic E-state index is 13.3. The number of nitrogens with zero attached hydrogens (tertiary/aromatic N) is 1. The number of sulfonamides is 1. The van der Waals surface area contributed by atoms with Gasteiger partial charge in [-0.05, 0) is 46.3 Å². The molecule has 0 saturated carbocycles. The average molecular weight is 361 g/mol. The molecule has 0 spiro atoms. The van der Waals surface area contributed by atoms with Gasteiger partial charge >= 0.3 is 0 Å². The highest BCUT2D eigenvalue weighted by Crippen LogP contribution is 2.22. The van der Waals surface area contributed by atoms with Crippen LogP contribution in [0.3, 0.4) is 0 Å². The number of halogens is 2. The molecule has 2 rings (SSSR count). The molecular weight excluding hydrogens is 351 g/mol. The second-order valence-electron chi connectivity index (χ2n) is 3.76. The van der Waals surface area contributed by atoms with Gasteiger partial charge in [-0.25, -0.2) is 23.6 Å². The molecule has 0 unspecified atom stereocenters. The van der Waals surface area contributed by atoms with Crippen LogP contribution in [-0.4, -0.2) is 13.4 Å². The van der Waals surface area contributed by atoms with Gasteiger partial charge in [0.05, 0.1) is 10.2 Å². The zero-order valence-corrected chi connectivity index (χ0v) is 12.4. The summed E-state index contributed by atoms with van der Waals surface area (Å²) in [6.07, 6.45) is 1.15. The summed E-state index contributed by atoms with van der Waals surface area (Å²) in [7, 11) is -3.83. The second kappa shape index (κ2) is 5.73. The van der Waals surface area contributed by atoms with Crippen molar-refractivity contribution in [2.75, 3.05) is 10.1 Å². The fraction of sp³-hybridized carbons (Fsp3) is 0. The highest BCUT2D eigenvalue weighted by molar-refractivity contribution is 9.10. The normalized spacial score (nSPS) is 11.2. The molecule has 1 aromatic heterocycles. The molecule has 20 heavy (non-hydrogen) atoms. The summed E-state index contributed by atoms with van der Waals surface area (Å²) in [6.45, 7) is 0. The van der Waals surface area contributed by atoms with Crippen molar-refractivity contribution < 1.29 is 12.8 Å². The first-order valence-electron chi connectivity index (χ1n) is 5.33. The van der Waals surface area contributed by atoms with Crippen LogP contribution in [0.4, 0.5) is 15.9 Å². The van der Waals surface area contributed by atoms with E-state index in [0.29, 0.717) is 5.82 Å². The predicted molar refractivity (Wildman–Crippen MR) is 77.0 cm³/mol. The Morgan fingerprint density at radius 2 is 2.00 bits per heavy atom. The van der Waals surface area contributed by atoms with Crippen LogP contribution in [0.25, 0.3) is 0 Å². The first-order valence-corrected chi connectivity index (χ1v) is 7.60. The molecule has 2 aromatic rings. The molecule has 1 heterocycles. The number of hydrogen-bond acceptors (Lipinski definition) is 5. The van der Waals surface area contributed by atoms with E-state index in [1.54, 1.807) is 0 Å². The first-order chi connectivity index (χ1) is 9.42. The fourth-order valence-electron chi connectivity index (χ4n) is 1.40. The van der Waals surface area contributed by atoms with Gasteiger partial charge in [-0.15, -0.1) is 0 Å². The Balaban J connectivity index is 2.27. The van der Waals surface area contributed by atoms with Gasteiger partial charge < -0.3 is 5.43 Å². The number of aromatic nitrogens is 1. The van der Waals surface area contributed by atoms with Gasteiger partial charge in [0.25, 0.3) is 10.0 Å². The maximum Gasteiger partial charge on any atom is 0.263 e. The molecule has 1 aromatic carbocycles. The SMILES string of the molecule is NNc1ccc(S(=O)(=O)Nc2ccc(Br)c(F)c2)cn1. The van der Waals surface area contributed by atoms with E-state index in [4.69, 9.17) is 5.84 Å². The zero-order chi connectivity index (χ0) is 14.8. The summed E-state index contributed by atoms with van der Waals surface area (Å²) >= 11 is 2.99. The molecule has 4 N–H and O–H groups in total. The summed E-state index contributed by atoms with van der Waals surface area (Å²) in [5.41, 5.74) is 2.41. The van der Waals surface area contributed by atoms with E-state index in [1.165, 1.54) is 24.3 Å². The largest absolute Gasteiger partial charge is 0.308 e. The van der Waals surface area contributed by atoms with Crippen molar-refractivity contribution in [3.05, 3.63) is 46.8 Å². The lowest BCUT2D eigenvalue weighted by atomic mass is 10.3. The minimum atomic E-state index is -3.83. The number of rotatable bonds is 4. The molecular formula is C11H10BrFN4O2S. The Kier molecular flexibility index (Phi) is 4.21. The second-order valence-corrected chi connectivity index (χ2v) is 6.29. The first kappa shape index (κ1) is 14.7. The summed E-state index contributed by atoms with van der Waals surface area (Å²) in [6, 6.07) is 6.67. The van der Waals surface area contributed by atoms with E-state index in [9.17, 15) is 12.8 Å². The molecule has 0 radical (unpaired) electrons. The zero-order valence-electron chi connectivity index (χ0n) is 9.97. The fourth-order valence-corrected chi connectivity index (χ4v) is 2.64. The standard InChI is InChI=1S/C11H10BrFN4O2S/c12-9-3-1-7(5-10(9)13)17-20(18,19)8-2-4-11(16-14)15-6-8/h1-6,17H,14H2,(H,15,16). The predicted octanol–water partition coefficient (Wildman–Crippen LogP) is 2.07. The van der Waals surface area contributed by atoms with Crippen LogP contribution in [0, 0.1) is 5.82 Å². The van der Waals surface area contributed by atoms with Gasteiger partial charge in [-0.1, -0.05) is 0 Å². The van der Waals surface area contributed by atoms with E-state index in [1.807, 2.05) is 0 Å². The van der Waals surface area contributed by atoms with E-state index < -0.39 is 15.8 Å². The highest BCUT2D eigenvalue weighted by Gasteiger charge is 2.15. The van der Waals surface area contributed by atoms with Crippen LogP contribution in [0.5, 0.6) is 0 Å². The Labute approximate surface area is 123 Å². The van der Waals surface area contributed by atoms with Crippen molar-refractivity contribution in [3.63, 3.8) is 0 Å². The van der Waals surface area contributed by atoms with Crippen molar-refractivity contribution in [3.8, 4) is 0 Å². The molecule has 0 aliphatic rings. The number of pyridine rings is 1. The molecule has 0 amide bonds.